The van der Waals surface area contributed by atoms with E-state index in [1.807, 2.05) is 30.3 Å². The van der Waals surface area contributed by atoms with Crippen LogP contribution in [0.15, 0.2) is 30.3 Å². The lowest BCUT2D eigenvalue weighted by molar-refractivity contribution is 0.207. The van der Waals surface area contributed by atoms with E-state index >= 15 is 0 Å². The highest BCUT2D eigenvalue weighted by atomic mass is 35.5. The molecule has 0 radical (unpaired) electrons. The van der Waals surface area contributed by atoms with Gasteiger partial charge in [0.2, 0.25) is 0 Å². The van der Waals surface area contributed by atoms with E-state index in [9.17, 15) is 4.79 Å². The maximum Gasteiger partial charge on any atom is 0.317 e. The molecule has 0 unspecified atom stereocenters. The number of amides is 2. The average Bonchev–Trinajstić information content (AvgIpc) is 3.02. The van der Waals surface area contributed by atoms with Gasteiger partial charge in [-0.05, 0) is 36.2 Å². The molecule has 1 aromatic carbocycles. The zero-order valence-corrected chi connectivity index (χ0v) is 16.2. The number of carbonyl (C=O) groups excluding carboxylic acids is 1. The summed E-state index contributed by atoms with van der Waals surface area (Å²) in [5.74, 6) is 1.38. The molecule has 0 bridgehead atoms. The topological polar surface area (TPSA) is 50.8 Å². The van der Waals surface area contributed by atoms with Crippen LogP contribution in [0.3, 0.4) is 0 Å². The molecule has 0 saturated carbocycles. The maximum atomic E-state index is 12.2. The number of hydrogen-bond donors (Lipinski definition) is 1. The molecule has 136 valence electrons. The number of ether oxygens (including phenoxy) is 2. The van der Waals surface area contributed by atoms with Crippen LogP contribution in [0.4, 0.5) is 4.79 Å². The van der Waals surface area contributed by atoms with Crippen molar-refractivity contribution >= 4 is 29.0 Å². The van der Waals surface area contributed by atoms with Gasteiger partial charge in [0, 0.05) is 18.5 Å². The Morgan fingerprint density at radius 3 is 2.72 bits per heavy atom. The van der Waals surface area contributed by atoms with Crippen LogP contribution in [0, 0.1) is 0 Å². The summed E-state index contributed by atoms with van der Waals surface area (Å²) < 4.78 is 11.7. The lowest BCUT2D eigenvalue weighted by atomic mass is 10.2. The van der Waals surface area contributed by atoms with Crippen molar-refractivity contribution in [2.75, 3.05) is 20.8 Å². The minimum absolute atomic E-state index is 0.144. The molecule has 0 atom stereocenters. The highest BCUT2D eigenvalue weighted by molar-refractivity contribution is 7.16. The fourth-order valence-corrected chi connectivity index (χ4v) is 3.35. The van der Waals surface area contributed by atoms with E-state index in [2.05, 4.69) is 12.2 Å². The molecular weight excluding hydrogens is 360 g/mol. The number of rotatable bonds is 8. The van der Waals surface area contributed by atoms with Gasteiger partial charge in [0.05, 0.1) is 24.6 Å². The highest BCUT2D eigenvalue weighted by Crippen LogP contribution is 2.28. The lowest BCUT2D eigenvalue weighted by Gasteiger charge is -2.17. The van der Waals surface area contributed by atoms with Crippen LogP contribution < -0.4 is 14.8 Å². The Balaban J connectivity index is 1.90. The Morgan fingerprint density at radius 1 is 1.28 bits per heavy atom. The fraction of sp³-hybridized carbons (Fsp3) is 0.389. The predicted molar refractivity (Wildman–Crippen MR) is 102 cm³/mol. The number of nitrogens with zero attached hydrogens (tertiary/aromatic N) is 1. The van der Waals surface area contributed by atoms with E-state index in [4.69, 9.17) is 21.1 Å². The maximum absolute atomic E-state index is 12.2. The highest BCUT2D eigenvalue weighted by Gasteiger charge is 2.11. The lowest BCUT2D eigenvalue weighted by Crippen LogP contribution is -2.36. The second kappa shape index (κ2) is 9.53. The van der Waals surface area contributed by atoms with E-state index in [1.54, 1.807) is 19.1 Å². The summed E-state index contributed by atoms with van der Waals surface area (Å²) in [6.07, 6.45) is 0.933. The van der Waals surface area contributed by atoms with Crippen LogP contribution in [0.1, 0.15) is 23.8 Å². The van der Waals surface area contributed by atoms with Crippen LogP contribution in [0.5, 0.6) is 11.5 Å². The van der Waals surface area contributed by atoms with Crippen LogP contribution >= 0.6 is 22.9 Å². The molecule has 0 fully saturated rings. The van der Waals surface area contributed by atoms with Crippen molar-refractivity contribution < 1.29 is 14.3 Å². The zero-order chi connectivity index (χ0) is 18.2. The van der Waals surface area contributed by atoms with Gasteiger partial charge >= 0.3 is 6.03 Å². The normalized spacial score (nSPS) is 10.4. The van der Waals surface area contributed by atoms with Gasteiger partial charge in [-0.1, -0.05) is 24.6 Å². The third-order valence-corrected chi connectivity index (χ3v) is 4.72. The van der Waals surface area contributed by atoms with Crippen LogP contribution in [-0.4, -0.2) is 31.7 Å². The number of hydrogen-bond acceptors (Lipinski definition) is 4. The molecule has 2 rings (SSSR count). The smallest absolute Gasteiger partial charge is 0.317 e. The molecule has 0 saturated heterocycles. The SMILES string of the molecule is CCCOc1ccc(CNC(=O)N(C)Cc2ccc(Cl)s2)cc1OC. The summed E-state index contributed by atoms with van der Waals surface area (Å²) in [5.41, 5.74) is 0.946. The fourth-order valence-electron chi connectivity index (χ4n) is 2.21. The molecule has 0 aliphatic heterocycles. The molecule has 1 aromatic heterocycles. The van der Waals surface area contributed by atoms with Crippen molar-refractivity contribution in [1.82, 2.24) is 10.2 Å². The van der Waals surface area contributed by atoms with E-state index in [0.717, 1.165) is 21.2 Å². The number of methoxy groups -OCH3 is 1. The Bertz CT molecular complexity index is 705. The number of benzene rings is 1. The molecule has 0 aliphatic carbocycles. The van der Waals surface area contributed by atoms with Crippen molar-refractivity contribution in [3.8, 4) is 11.5 Å². The van der Waals surface area contributed by atoms with E-state index < -0.39 is 0 Å². The van der Waals surface area contributed by atoms with Crippen molar-refractivity contribution in [2.24, 2.45) is 0 Å². The van der Waals surface area contributed by atoms with E-state index in [-0.39, 0.29) is 6.03 Å². The predicted octanol–water partition coefficient (Wildman–Crippen LogP) is 4.54. The summed E-state index contributed by atoms with van der Waals surface area (Å²) in [4.78, 5) is 14.9. The Morgan fingerprint density at radius 2 is 2.08 bits per heavy atom. The van der Waals surface area contributed by atoms with Crippen molar-refractivity contribution in [3.63, 3.8) is 0 Å². The van der Waals surface area contributed by atoms with Crippen LogP contribution in [-0.2, 0) is 13.1 Å². The number of thiophene rings is 1. The standard InChI is InChI=1S/C18H23ClN2O3S/c1-4-9-24-15-7-5-13(10-16(15)23-3)11-20-18(22)21(2)12-14-6-8-17(19)25-14/h5-8,10H,4,9,11-12H2,1-3H3,(H,20,22). The average molecular weight is 383 g/mol. The second-order valence-electron chi connectivity index (χ2n) is 5.55. The molecule has 1 heterocycles. The summed E-state index contributed by atoms with van der Waals surface area (Å²) in [7, 11) is 3.36. The largest absolute Gasteiger partial charge is 0.493 e. The number of carbonyl (C=O) groups is 1. The monoisotopic (exact) mass is 382 g/mol. The molecule has 25 heavy (non-hydrogen) atoms. The quantitative estimate of drug-likeness (QED) is 0.729. The van der Waals surface area contributed by atoms with E-state index in [1.165, 1.54) is 11.3 Å². The molecular formula is C18H23ClN2O3S. The van der Waals surface area contributed by atoms with Gasteiger partial charge in [-0.25, -0.2) is 4.79 Å². The van der Waals surface area contributed by atoms with Gasteiger partial charge in [0.15, 0.2) is 11.5 Å². The van der Waals surface area contributed by atoms with Gasteiger partial charge in [0.25, 0.3) is 0 Å². The van der Waals surface area contributed by atoms with Gasteiger partial charge in [-0.2, -0.15) is 0 Å². The summed E-state index contributed by atoms with van der Waals surface area (Å²) in [5, 5.41) is 2.90. The first kappa shape index (κ1) is 19.4. The van der Waals surface area contributed by atoms with Crippen LogP contribution in [0.25, 0.3) is 0 Å². The van der Waals surface area contributed by atoms with Gasteiger partial charge in [-0.3, -0.25) is 0 Å². The number of urea groups is 1. The van der Waals surface area contributed by atoms with Crippen molar-refractivity contribution in [2.45, 2.75) is 26.4 Å². The molecule has 0 spiro atoms. The van der Waals surface area contributed by atoms with E-state index in [0.29, 0.717) is 31.2 Å². The van der Waals surface area contributed by atoms with Crippen molar-refractivity contribution in [3.05, 3.63) is 45.1 Å². The Hall–Kier alpha value is -1.92. The van der Waals surface area contributed by atoms with Crippen LogP contribution in [0.2, 0.25) is 4.34 Å². The van der Waals surface area contributed by atoms with Crippen molar-refractivity contribution in [1.29, 1.82) is 0 Å². The second-order valence-corrected chi connectivity index (χ2v) is 7.35. The molecule has 5 nitrogen and oxygen atoms in total. The first-order valence-electron chi connectivity index (χ1n) is 8.06. The molecule has 0 aliphatic rings. The first-order valence-corrected chi connectivity index (χ1v) is 9.25. The first-order chi connectivity index (χ1) is 12.0. The minimum atomic E-state index is -0.144. The molecule has 1 N–H and O–H groups in total. The van der Waals surface area contributed by atoms with Gasteiger partial charge in [0.1, 0.15) is 0 Å². The Kier molecular flexibility index (Phi) is 7.40. The minimum Gasteiger partial charge on any atom is -0.493 e. The summed E-state index contributed by atoms with van der Waals surface area (Å²) >= 11 is 7.39. The summed E-state index contributed by atoms with van der Waals surface area (Å²) in [6, 6.07) is 9.29. The molecule has 7 heteroatoms. The molecule has 2 amide bonds. The zero-order valence-electron chi connectivity index (χ0n) is 14.7. The third-order valence-electron chi connectivity index (χ3n) is 3.50. The van der Waals surface area contributed by atoms with Gasteiger partial charge < -0.3 is 19.7 Å². The number of nitrogens with one attached hydrogen (secondary N) is 1. The summed E-state index contributed by atoms with van der Waals surface area (Å²) in [6.45, 7) is 3.64. The van der Waals surface area contributed by atoms with Gasteiger partial charge in [-0.15, -0.1) is 11.3 Å². The number of halogens is 1. The third kappa shape index (κ3) is 5.83. The Labute approximate surface area is 157 Å². The molecule has 2 aromatic rings.